The van der Waals surface area contributed by atoms with E-state index in [0.717, 1.165) is 23.3 Å². The topological polar surface area (TPSA) is 75.6 Å². The molecule has 0 saturated heterocycles. The van der Waals surface area contributed by atoms with Crippen molar-refractivity contribution in [3.05, 3.63) is 83.9 Å². The van der Waals surface area contributed by atoms with Gasteiger partial charge in [-0.25, -0.2) is 13.6 Å². The van der Waals surface area contributed by atoms with Crippen molar-refractivity contribution in [1.82, 2.24) is 0 Å². The van der Waals surface area contributed by atoms with E-state index in [2.05, 4.69) is 5.32 Å². The summed E-state index contributed by atoms with van der Waals surface area (Å²) in [6.45, 7) is 1.30. The second kappa shape index (κ2) is 8.52. The Morgan fingerprint density at radius 2 is 1.41 bits per heavy atom. The molecule has 3 aromatic rings. The first kappa shape index (κ1) is 20.0. The van der Waals surface area contributed by atoms with Crippen LogP contribution in [0.25, 0.3) is 11.1 Å². The van der Waals surface area contributed by atoms with Crippen LogP contribution >= 0.6 is 0 Å². The summed E-state index contributed by atoms with van der Waals surface area (Å²) in [6.07, 6.45) is -1.27. The molecule has 0 bridgehead atoms. The minimum atomic E-state index is -1.27. The Hall–Kier alpha value is -3.74. The first-order chi connectivity index (χ1) is 13.8. The third-order valence-corrected chi connectivity index (χ3v) is 4.19. The Labute approximate surface area is 165 Å². The lowest BCUT2D eigenvalue weighted by Crippen LogP contribution is -2.30. The van der Waals surface area contributed by atoms with Gasteiger partial charge in [0.25, 0.3) is 5.91 Å². The highest BCUT2D eigenvalue weighted by molar-refractivity contribution is 5.97. The molecule has 0 aliphatic heterocycles. The first-order valence-electron chi connectivity index (χ1n) is 8.70. The van der Waals surface area contributed by atoms with Gasteiger partial charge in [-0.3, -0.25) is 4.79 Å². The lowest BCUT2D eigenvalue weighted by molar-refractivity contribution is -0.123. The Bertz CT molecular complexity index is 1010. The van der Waals surface area contributed by atoms with Gasteiger partial charge in [0.15, 0.2) is 6.10 Å². The van der Waals surface area contributed by atoms with E-state index in [1.807, 2.05) is 0 Å². The summed E-state index contributed by atoms with van der Waals surface area (Å²) in [5.74, 6) is -3.32. The zero-order chi connectivity index (χ0) is 21.0. The van der Waals surface area contributed by atoms with E-state index in [0.29, 0.717) is 0 Å². The van der Waals surface area contributed by atoms with Crippen LogP contribution in [0.4, 0.5) is 14.5 Å². The molecule has 29 heavy (non-hydrogen) atoms. The average molecular weight is 397 g/mol. The van der Waals surface area contributed by atoms with Crippen molar-refractivity contribution >= 4 is 17.6 Å². The van der Waals surface area contributed by atoms with Gasteiger partial charge in [0.05, 0.1) is 5.56 Å². The summed E-state index contributed by atoms with van der Waals surface area (Å²) in [5.41, 5.74) is 1.28. The summed E-state index contributed by atoms with van der Waals surface area (Å²) in [4.78, 5) is 24.4. The van der Waals surface area contributed by atoms with Gasteiger partial charge < -0.3 is 15.2 Å². The predicted octanol–water partition coefficient (Wildman–Crippen LogP) is 4.52. The van der Waals surface area contributed by atoms with E-state index in [1.54, 1.807) is 36.4 Å². The van der Waals surface area contributed by atoms with Gasteiger partial charge in [0, 0.05) is 0 Å². The number of amides is 1. The molecule has 5 nitrogen and oxygen atoms in total. The molecule has 0 unspecified atom stereocenters. The van der Waals surface area contributed by atoms with Crippen LogP contribution in [0.2, 0.25) is 0 Å². The Balaban J connectivity index is 1.64. The quantitative estimate of drug-likeness (QED) is 0.621. The highest BCUT2D eigenvalue weighted by Crippen LogP contribution is 2.23. The Kier molecular flexibility index (Phi) is 5.87. The lowest BCUT2D eigenvalue weighted by Gasteiger charge is -2.14. The predicted molar refractivity (Wildman–Crippen MR) is 103 cm³/mol. The second-order valence-electron chi connectivity index (χ2n) is 6.26. The summed E-state index contributed by atoms with van der Waals surface area (Å²) in [7, 11) is 0. The third-order valence-electron chi connectivity index (χ3n) is 4.19. The number of halogens is 2. The highest BCUT2D eigenvalue weighted by atomic mass is 19.1. The molecule has 0 saturated carbocycles. The standard InChI is InChI=1S/C22H17F2NO4/c1-13(21(27)25-20-18(23)3-2-4-19(20)24)29-22(28)16-7-5-14(6-8-16)15-9-11-17(26)12-10-15/h2-13,26H,1H3,(H,25,27)/t13-/m0/s1. The minimum Gasteiger partial charge on any atom is -0.508 e. The number of nitrogens with one attached hydrogen (secondary N) is 1. The molecule has 0 aliphatic carbocycles. The molecule has 0 spiro atoms. The molecule has 0 aliphatic rings. The number of hydrogen-bond donors (Lipinski definition) is 2. The fourth-order valence-electron chi connectivity index (χ4n) is 2.58. The highest BCUT2D eigenvalue weighted by Gasteiger charge is 2.21. The molecular weight excluding hydrogens is 380 g/mol. The molecule has 0 aromatic heterocycles. The molecule has 0 fully saturated rings. The zero-order valence-electron chi connectivity index (χ0n) is 15.4. The lowest BCUT2D eigenvalue weighted by atomic mass is 10.0. The van der Waals surface area contributed by atoms with Crippen LogP contribution < -0.4 is 5.32 Å². The van der Waals surface area contributed by atoms with Crippen LogP contribution in [0.3, 0.4) is 0 Å². The molecule has 3 aromatic carbocycles. The number of benzene rings is 3. The van der Waals surface area contributed by atoms with Gasteiger partial charge >= 0.3 is 5.97 Å². The number of anilines is 1. The van der Waals surface area contributed by atoms with Crippen LogP contribution in [-0.2, 0) is 9.53 Å². The number of phenols is 1. The fraction of sp³-hybridized carbons (Fsp3) is 0.0909. The summed E-state index contributed by atoms with van der Waals surface area (Å²) in [5, 5.41) is 11.4. The van der Waals surface area contributed by atoms with Gasteiger partial charge in [0.2, 0.25) is 0 Å². The molecule has 7 heteroatoms. The third kappa shape index (κ3) is 4.76. The summed E-state index contributed by atoms with van der Waals surface area (Å²) in [6, 6.07) is 16.2. The van der Waals surface area contributed by atoms with Crippen LogP contribution in [0.1, 0.15) is 17.3 Å². The number of carbonyl (C=O) groups excluding carboxylic acids is 2. The van der Waals surface area contributed by atoms with E-state index in [9.17, 15) is 23.5 Å². The zero-order valence-corrected chi connectivity index (χ0v) is 15.4. The monoisotopic (exact) mass is 397 g/mol. The maximum atomic E-state index is 13.6. The number of phenolic OH excluding ortho intramolecular Hbond substituents is 1. The SMILES string of the molecule is C[C@H](OC(=O)c1ccc(-c2ccc(O)cc2)cc1)C(=O)Nc1c(F)cccc1F. The van der Waals surface area contributed by atoms with E-state index >= 15 is 0 Å². The van der Waals surface area contributed by atoms with Crippen LogP contribution in [0, 0.1) is 11.6 Å². The number of rotatable bonds is 5. The molecule has 1 atom stereocenters. The molecular formula is C22H17F2NO4. The first-order valence-corrected chi connectivity index (χ1v) is 8.70. The number of aromatic hydroxyl groups is 1. The average Bonchev–Trinajstić information content (AvgIpc) is 2.71. The number of hydrogen-bond acceptors (Lipinski definition) is 4. The van der Waals surface area contributed by atoms with Crippen molar-refractivity contribution in [2.24, 2.45) is 0 Å². The van der Waals surface area contributed by atoms with Gasteiger partial charge in [0.1, 0.15) is 23.1 Å². The number of ether oxygens (including phenoxy) is 1. The molecule has 0 heterocycles. The van der Waals surface area contributed by atoms with Crippen molar-refractivity contribution in [3.63, 3.8) is 0 Å². The molecule has 3 rings (SSSR count). The normalized spacial score (nSPS) is 11.6. The van der Waals surface area contributed by atoms with Crippen LogP contribution in [0.5, 0.6) is 5.75 Å². The molecule has 148 valence electrons. The molecule has 0 radical (unpaired) electrons. The van der Waals surface area contributed by atoms with E-state index in [-0.39, 0.29) is 11.3 Å². The largest absolute Gasteiger partial charge is 0.508 e. The minimum absolute atomic E-state index is 0.150. The van der Waals surface area contributed by atoms with Crippen molar-refractivity contribution in [2.45, 2.75) is 13.0 Å². The van der Waals surface area contributed by atoms with Gasteiger partial charge in [-0.2, -0.15) is 0 Å². The Morgan fingerprint density at radius 3 is 1.97 bits per heavy atom. The van der Waals surface area contributed by atoms with Gasteiger partial charge in [-0.1, -0.05) is 30.3 Å². The Morgan fingerprint density at radius 1 is 0.897 bits per heavy atom. The number of carbonyl (C=O) groups is 2. The fourth-order valence-corrected chi connectivity index (χ4v) is 2.58. The van der Waals surface area contributed by atoms with Crippen molar-refractivity contribution in [1.29, 1.82) is 0 Å². The van der Waals surface area contributed by atoms with Gasteiger partial charge in [-0.05, 0) is 54.4 Å². The maximum Gasteiger partial charge on any atom is 0.338 e. The summed E-state index contributed by atoms with van der Waals surface area (Å²) >= 11 is 0. The maximum absolute atomic E-state index is 13.6. The summed E-state index contributed by atoms with van der Waals surface area (Å²) < 4.78 is 32.3. The van der Waals surface area contributed by atoms with Crippen molar-refractivity contribution in [3.8, 4) is 16.9 Å². The van der Waals surface area contributed by atoms with Crippen molar-refractivity contribution in [2.75, 3.05) is 5.32 Å². The van der Waals surface area contributed by atoms with E-state index in [4.69, 9.17) is 4.74 Å². The smallest absolute Gasteiger partial charge is 0.338 e. The van der Waals surface area contributed by atoms with E-state index < -0.39 is 35.3 Å². The number of para-hydroxylation sites is 1. The van der Waals surface area contributed by atoms with Crippen LogP contribution in [-0.4, -0.2) is 23.1 Å². The van der Waals surface area contributed by atoms with Crippen LogP contribution in [0.15, 0.2) is 66.7 Å². The van der Waals surface area contributed by atoms with Gasteiger partial charge in [-0.15, -0.1) is 0 Å². The van der Waals surface area contributed by atoms with E-state index in [1.165, 1.54) is 25.1 Å². The second-order valence-corrected chi connectivity index (χ2v) is 6.26. The van der Waals surface area contributed by atoms with Crippen molar-refractivity contribution < 1.29 is 28.2 Å². The number of esters is 1. The molecule has 2 N–H and O–H groups in total. The molecule has 1 amide bonds.